The van der Waals surface area contributed by atoms with E-state index in [2.05, 4.69) is 22.3 Å². The number of hydrogen-bond donors (Lipinski definition) is 3. The van der Waals surface area contributed by atoms with Crippen LogP contribution in [0.5, 0.6) is 17.2 Å². The third kappa shape index (κ3) is 7.16. The van der Waals surface area contributed by atoms with Crippen LogP contribution in [0.4, 0.5) is 5.69 Å². The minimum atomic E-state index is 0.251. The lowest BCUT2D eigenvalue weighted by molar-refractivity contribution is 0.183. The van der Waals surface area contributed by atoms with Crippen LogP contribution < -0.4 is 10.1 Å². The molecule has 3 aromatic rings. The molecule has 5 heteroatoms. The third-order valence-corrected chi connectivity index (χ3v) is 6.23. The summed E-state index contributed by atoms with van der Waals surface area (Å²) in [6, 6.07) is 21.2. The fourth-order valence-corrected chi connectivity index (χ4v) is 4.21. The molecule has 4 rings (SSSR count). The Hall–Kier alpha value is -3.18. The van der Waals surface area contributed by atoms with E-state index in [0.29, 0.717) is 6.54 Å². The Bertz CT molecular complexity index is 997. The molecule has 174 valence electrons. The van der Waals surface area contributed by atoms with Gasteiger partial charge in [-0.3, -0.25) is 4.90 Å². The van der Waals surface area contributed by atoms with Crippen molar-refractivity contribution in [2.45, 2.75) is 38.6 Å². The molecule has 3 N–H and O–H groups in total. The number of likely N-dealkylation sites (tertiary alicyclic amines) is 1. The monoisotopic (exact) mass is 446 g/mol. The minimum Gasteiger partial charge on any atom is -0.508 e. The zero-order valence-electron chi connectivity index (χ0n) is 19.2. The Morgan fingerprint density at radius 1 is 0.758 bits per heavy atom. The fraction of sp³-hybridized carbons (Fsp3) is 0.357. The lowest BCUT2D eigenvalue weighted by Crippen LogP contribution is -2.33. The summed E-state index contributed by atoms with van der Waals surface area (Å²) >= 11 is 0. The van der Waals surface area contributed by atoms with Crippen LogP contribution in [0, 0.1) is 0 Å². The predicted molar refractivity (Wildman–Crippen MR) is 133 cm³/mol. The first-order valence-corrected chi connectivity index (χ1v) is 11.9. The van der Waals surface area contributed by atoms with Gasteiger partial charge in [0.1, 0.15) is 23.9 Å². The zero-order valence-corrected chi connectivity index (χ0v) is 19.2. The van der Waals surface area contributed by atoms with E-state index in [9.17, 15) is 10.2 Å². The number of nitrogens with zero attached hydrogens (tertiary/aromatic N) is 1. The number of aromatic hydroxyl groups is 2. The third-order valence-electron chi connectivity index (χ3n) is 6.23. The van der Waals surface area contributed by atoms with Gasteiger partial charge in [0, 0.05) is 13.1 Å². The smallest absolute Gasteiger partial charge is 0.138 e. The van der Waals surface area contributed by atoms with Crippen molar-refractivity contribution >= 4 is 5.69 Å². The molecule has 0 aromatic heterocycles. The van der Waals surface area contributed by atoms with Gasteiger partial charge in [-0.2, -0.15) is 0 Å². The quantitative estimate of drug-likeness (QED) is 0.366. The second-order valence-corrected chi connectivity index (χ2v) is 8.77. The highest BCUT2D eigenvalue weighted by Crippen LogP contribution is 2.26. The van der Waals surface area contributed by atoms with Gasteiger partial charge in [0.05, 0.1) is 5.69 Å². The molecule has 1 fully saturated rings. The number of hydrogen-bond acceptors (Lipinski definition) is 5. The van der Waals surface area contributed by atoms with Crippen molar-refractivity contribution in [3.63, 3.8) is 0 Å². The van der Waals surface area contributed by atoms with Crippen molar-refractivity contribution in [3.8, 4) is 17.2 Å². The highest BCUT2D eigenvalue weighted by atomic mass is 16.5. The summed E-state index contributed by atoms with van der Waals surface area (Å²) in [5.41, 5.74) is 4.20. The number of nitrogens with one attached hydrogen (secondary N) is 1. The molecule has 5 nitrogen and oxygen atoms in total. The molecule has 0 unspecified atom stereocenters. The molecule has 0 atom stereocenters. The Labute approximate surface area is 196 Å². The minimum absolute atomic E-state index is 0.251. The topological polar surface area (TPSA) is 65.0 Å². The van der Waals surface area contributed by atoms with E-state index in [-0.39, 0.29) is 11.5 Å². The molecule has 33 heavy (non-hydrogen) atoms. The summed E-state index contributed by atoms with van der Waals surface area (Å²) in [6.45, 7) is 4.73. The lowest BCUT2D eigenvalue weighted by Gasteiger charge is -2.26. The predicted octanol–water partition coefficient (Wildman–Crippen LogP) is 5.36. The van der Waals surface area contributed by atoms with Gasteiger partial charge in [0.15, 0.2) is 0 Å². The number of phenols is 2. The molecule has 1 heterocycles. The van der Waals surface area contributed by atoms with Crippen molar-refractivity contribution in [2.75, 3.05) is 31.6 Å². The van der Waals surface area contributed by atoms with Gasteiger partial charge >= 0.3 is 0 Å². The van der Waals surface area contributed by atoms with Gasteiger partial charge in [0.2, 0.25) is 0 Å². The van der Waals surface area contributed by atoms with Crippen LogP contribution in [0.25, 0.3) is 0 Å². The van der Waals surface area contributed by atoms with Crippen molar-refractivity contribution < 1.29 is 14.9 Å². The van der Waals surface area contributed by atoms with E-state index in [1.165, 1.54) is 37.9 Å². The molecule has 0 saturated carbocycles. The summed E-state index contributed by atoms with van der Waals surface area (Å²) in [5, 5.41) is 23.0. The van der Waals surface area contributed by atoms with Crippen molar-refractivity contribution in [1.29, 1.82) is 0 Å². The van der Waals surface area contributed by atoms with E-state index in [0.717, 1.165) is 48.6 Å². The summed E-state index contributed by atoms with van der Waals surface area (Å²) in [4.78, 5) is 2.48. The van der Waals surface area contributed by atoms with Gasteiger partial charge in [0.25, 0.3) is 0 Å². The highest BCUT2D eigenvalue weighted by Gasteiger charge is 2.09. The van der Waals surface area contributed by atoms with Crippen LogP contribution in [0.3, 0.4) is 0 Å². The van der Waals surface area contributed by atoms with E-state index in [4.69, 9.17) is 4.74 Å². The average Bonchev–Trinajstić information content (AvgIpc) is 2.85. The number of benzene rings is 3. The van der Waals surface area contributed by atoms with E-state index in [1.807, 2.05) is 36.4 Å². The number of phenolic OH excluding ortho intramolecular Hbond substituents is 2. The van der Waals surface area contributed by atoms with Crippen LogP contribution in [0.15, 0.2) is 66.7 Å². The normalized spacial score (nSPS) is 14.2. The second kappa shape index (κ2) is 11.6. The van der Waals surface area contributed by atoms with Crippen LogP contribution in [0.1, 0.15) is 36.0 Å². The molecule has 0 bridgehead atoms. The Morgan fingerprint density at radius 2 is 1.42 bits per heavy atom. The largest absolute Gasteiger partial charge is 0.508 e. The molecule has 1 saturated heterocycles. The van der Waals surface area contributed by atoms with Crippen molar-refractivity contribution in [1.82, 2.24) is 4.90 Å². The van der Waals surface area contributed by atoms with E-state index < -0.39 is 0 Å². The molecular formula is C28H34N2O3. The van der Waals surface area contributed by atoms with Gasteiger partial charge in [-0.1, -0.05) is 36.8 Å². The summed E-state index contributed by atoms with van der Waals surface area (Å²) in [5.74, 6) is 1.43. The first-order valence-electron chi connectivity index (χ1n) is 11.9. The average molecular weight is 447 g/mol. The second-order valence-electron chi connectivity index (χ2n) is 8.77. The van der Waals surface area contributed by atoms with Gasteiger partial charge in [-0.15, -0.1) is 0 Å². The maximum Gasteiger partial charge on any atom is 0.138 e. The number of aryl methyl sites for hydroxylation is 2. The maximum atomic E-state index is 10.3. The lowest BCUT2D eigenvalue weighted by atomic mass is 10.0. The van der Waals surface area contributed by atoms with Crippen LogP contribution >= 0.6 is 0 Å². The Morgan fingerprint density at radius 3 is 2.18 bits per heavy atom. The molecular weight excluding hydrogens is 412 g/mol. The molecule has 3 aromatic carbocycles. The molecule has 1 aliphatic rings. The summed E-state index contributed by atoms with van der Waals surface area (Å²) in [7, 11) is 0. The molecule has 0 radical (unpaired) electrons. The molecule has 0 amide bonds. The highest BCUT2D eigenvalue weighted by molar-refractivity contribution is 5.57. The Kier molecular flexibility index (Phi) is 8.09. The number of piperidine rings is 1. The van der Waals surface area contributed by atoms with E-state index >= 15 is 0 Å². The van der Waals surface area contributed by atoms with Crippen molar-refractivity contribution in [3.05, 3.63) is 83.4 Å². The summed E-state index contributed by atoms with van der Waals surface area (Å²) < 4.78 is 5.92. The number of anilines is 1. The number of rotatable bonds is 10. The fourth-order valence-electron chi connectivity index (χ4n) is 4.21. The molecule has 0 spiro atoms. The Balaban J connectivity index is 1.24. The van der Waals surface area contributed by atoms with Crippen molar-refractivity contribution in [2.24, 2.45) is 0 Å². The number of ether oxygens (including phenoxy) is 1. The van der Waals surface area contributed by atoms with Crippen LogP contribution in [-0.4, -0.2) is 41.4 Å². The molecule has 1 aliphatic heterocycles. The first-order chi connectivity index (χ1) is 16.2. The molecule has 0 aliphatic carbocycles. The maximum absolute atomic E-state index is 10.3. The SMILES string of the molecule is Oc1ccc(CCc2ccc(O)c(NCc3ccc(OCCN4CCCCC4)cc3)c2)cc1. The summed E-state index contributed by atoms with van der Waals surface area (Å²) in [6.07, 6.45) is 5.71. The van der Waals surface area contributed by atoms with E-state index in [1.54, 1.807) is 18.2 Å². The van der Waals surface area contributed by atoms with Crippen LogP contribution in [0.2, 0.25) is 0 Å². The van der Waals surface area contributed by atoms with Gasteiger partial charge in [-0.25, -0.2) is 0 Å². The standard InChI is InChI=1S/C28H34N2O3/c31-25-11-6-22(7-12-25)4-5-23-10-15-28(32)27(20-23)29-21-24-8-13-26(14-9-24)33-19-18-30-16-2-1-3-17-30/h6-15,20,29,31-32H,1-5,16-19,21H2. The zero-order chi connectivity index (χ0) is 22.9. The first kappa shape index (κ1) is 23.0. The van der Waals surface area contributed by atoms with Gasteiger partial charge < -0.3 is 20.3 Å². The van der Waals surface area contributed by atoms with Crippen LogP contribution in [-0.2, 0) is 19.4 Å². The van der Waals surface area contributed by atoms with Gasteiger partial charge in [-0.05, 0) is 91.9 Å².